The Morgan fingerprint density at radius 1 is 0.960 bits per heavy atom. The molecule has 0 saturated carbocycles. The van der Waals surface area contributed by atoms with Crippen LogP contribution < -0.4 is 16.0 Å². The summed E-state index contributed by atoms with van der Waals surface area (Å²) < 4.78 is 11.4. The molecule has 4 aliphatic heterocycles. The molecule has 6 rings (SSSR count). The largest absolute Gasteiger partial charge is 0.388 e. The van der Waals surface area contributed by atoms with Gasteiger partial charge in [0.1, 0.15) is 30.3 Å². The van der Waals surface area contributed by atoms with Gasteiger partial charge in [-0.25, -0.2) is 0 Å². The highest BCUT2D eigenvalue weighted by Gasteiger charge is 2.42. The molecular weight excluding hydrogens is 644 g/mol. The number of H-pyrrole nitrogens is 1. The van der Waals surface area contributed by atoms with Crippen LogP contribution in [0.15, 0.2) is 30.5 Å². The predicted molar refractivity (Wildman–Crippen MR) is 182 cm³/mol. The van der Waals surface area contributed by atoms with E-state index in [-0.39, 0.29) is 43.9 Å². The number of ether oxygens (including phenoxy) is 2. The molecule has 50 heavy (non-hydrogen) atoms. The molecule has 1 aromatic carbocycles. The zero-order valence-electron chi connectivity index (χ0n) is 28.9. The lowest BCUT2D eigenvalue weighted by Gasteiger charge is -2.39. The second-order valence-electron chi connectivity index (χ2n) is 14.5. The van der Waals surface area contributed by atoms with Crippen molar-refractivity contribution in [3.63, 3.8) is 0 Å². The van der Waals surface area contributed by atoms with Crippen molar-refractivity contribution in [2.45, 2.75) is 95.2 Å². The third-order valence-corrected chi connectivity index (χ3v) is 10.4. The standard InChI is InChI=1S/C36H50N6O8/c1-21(2)16-27-33(45)39-26-11-15-50-30(32(26)44)19-41(35(47)22-9-13-49-14-10-22)20-31(43)38-28(17-23-18-37-25-7-4-3-6-24(23)25)36(48)42-12-5-8-29(42)34(46)40-27/h3-4,6-7,18,21-22,26-30,32,37,44H,5,8-17,19-20H2,1-2H3,(H,38,43)(H,39,45)(H,40,46)/t26-,27+,28+,29+,30+,32-/m0/s1. The molecule has 5 N–H and O–H groups in total. The van der Waals surface area contributed by atoms with Gasteiger partial charge in [0.05, 0.1) is 19.1 Å². The first kappa shape index (κ1) is 35.8. The van der Waals surface area contributed by atoms with Crippen molar-refractivity contribution in [3.8, 4) is 0 Å². The lowest BCUT2D eigenvalue weighted by Crippen LogP contribution is -2.60. The number of carbonyl (C=O) groups is 5. The van der Waals surface area contributed by atoms with Crippen molar-refractivity contribution >= 4 is 40.4 Å². The van der Waals surface area contributed by atoms with Crippen molar-refractivity contribution < 1.29 is 38.6 Å². The first-order valence-corrected chi connectivity index (χ1v) is 18.0. The van der Waals surface area contributed by atoms with Crippen LogP contribution in [-0.2, 0) is 39.9 Å². The number of nitrogens with zero attached hydrogens (tertiary/aromatic N) is 2. The summed E-state index contributed by atoms with van der Waals surface area (Å²) in [4.78, 5) is 76.0. The average molecular weight is 695 g/mol. The molecule has 4 saturated heterocycles. The molecule has 4 aliphatic rings. The lowest BCUT2D eigenvalue weighted by atomic mass is 9.95. The molecule has 0 radical (unpaired) electrons. The number of amides is 5. The number of hydrogen-bond acceptors (Lipinski definition) is 8. The van der Waals surface area contributed by atoms with Gasteiger partial charge >= 0.3 is 0 Å². The second kappa shape index (κ2) is 15.9. The number of para-hydroxylation sites is 1. The first-order valence-electron chi connectivity index (χ1n) is 18.0. The maximum atomic E-state index is 14.4. The number of hydrogen-bond donors (Lipinski definition) is 5. The Hall–Kier alpha value is -4.01. The fourth-order valence-electron chi connectivity index (χ4n) is 7.74. The summed E-state index contributed by atoms with van der Waals surface area (Å²) in [5.74, 6) is -2.38. The Morgan fingerprint density at radius 2 is 1.74 bits per heavy atom. The van der Waals surface area contributed by atoms with Gasteiger partial charge in [-0.15, -0.1) is 0 Å². The molecule has 1 aromatic heterocycles. The van der Waals surface area contributed by atoms with Crippen LogP contribution in [0.25, 0.3) is 10.9 Å². The molecular formula is C36H50N6O8. The van der Waals surface area contributed by atoms with Gasteiger partial charge in [-0.3, -0.25) is 24.0 Å². The second-order valence-corrected chi connectivity index (χ2v) is 14.5. The van der Waals surface area contributed by atoms with E-state index in [0.29, 0.717) is 58.3 Å². The summed E-state index contributed by atoms with van der Waals surface area (Å²) in [7, 11) is 0. The number of nitrogens with one attached hydrogen (secondary N) is 4. The van der Waals surface area contributed by atoms with Gasteiger partial charge in [0, 0.05) is 55.8 Å². The number of aliphatic hydroxyl groups is 1. The van der Waals surface area contributed by atoms with Gasteiger partial charge in [0.2, 0.25) is 29.5 Å². The van der Waals surface area contributed by atoms with Gasteiger partial charge in [-0.2, -0.15) is 0 Å². The van der Waals surface area contributed by atoms with Gasteiger partial charge in [0.25, 0.3) is 0 Å². The van der Waals surface area contributed by atoms with E-state index in [9.17, 15) is 29.1 Å². The smallest absolute Gasteiger partial charge is 0.246 e. The van der Waals surface area contributed by atoms with Crippen LogP contribution in [0, 0.1) is 11.8 Å². The van der Waals surface area contributed by atoms with Gasteiger partial charge in [-0.05, 0) is 56.1 Å². The summed E-state index contributed by atoms with van der Waals surface area (Å²) >= 11 is 0. The normalized spacial score (nSPS) is 29.4. The quantitative estimate of drug-likeness (QED) is 0.302. The monoisotopic (exact) mass is 694 g/mol. The number of aromatic amines is 1. The number of fused-ring (bicyclic) bond motifs is 4. The molecule has 14 heteroatoms. The first-order chi connectivity index (χ1) is 24.1. The Labute approximate surface area is 292 Å². The number of carbonyl (C=O) groups excluding carboxylic acids is 5. The molecule has 4 fully saturated rings. The third kappa shape index (κ3) is 8.13. The van der Waals surface area contributed by atoms with Crippen molar-refractivity contribution in [1.29, 1.82) is 0 Å². The molecule has 6 atom stereocenters. The third-order valence-electron chi connectivity index (χ3n) is 10.4. The number of aliphatic hydroxyl groups excluding tert-OH is 1. The van der Waals surface area contributed by atoms with E-state index in [1.165, 1.54) is 9.80 Å². The van der Waals surface area contributed by atoms with Crippen LogP contribution in [0.3, 0.4) is 0 Å². The Morgan fingerprint density at radius 3 is 2.52 bits per heavy atom. The van der Waals surface area contributed by atoms with Gasteiger partial charge in [0.15, 0.2) is 0 Å². The fourth-order valence-corrected chi connectivity index (χ4v) is 7.74. The average Bonchev–Trinajstić information content (AvgIpc) is 3.76. The minimum atomic E-state index is -1.17. The maximum Gasteiger partial charge on any atom is 0.246 e. The van der Waals surface area contributed by atoms with Crippen LogP contribution in [0.5, 0.6) is 0 Å². The molecule has 5 heterocycles. The number of aromatic nitrogens is 1. The SMILES string of the molecule is CC(C)C[C@H]1NC(=O)[C@H]2CCCN2C(=O)[C@@H](Cc2c[nH]c3ccccc23)NC(=O)CN(C(=O)C2CCOCC2)C[C@H]2OCC[C@H](NC1=O)[C@@H]2O. The summed E-state index contributed by atoms with van der Waals surface area (Å²) in [6.45, 7) is 4.85. The highest BCUT2D eigenvalue weighted by atomic mass is 16.5. The van der Waals surface area contributed by atoms with Gasteiger partial charge in [-0.1, -0.05) is 32.0 Å². The van der Waals surface area contributed by atoms with Crippen LogP contribution in [0.2, 0.25) is 0 Å². The summed E-state index contributed by atoms with van der Waals surface area (Å²) in [6.07, 6.45) is 2.60. The molecule has 5 amide bonds. The van der Waals surface area contributed by atoms with E-state index < -0.39 is 60.0 Å². The van der Waals surface area contributed by atoms with Crippen LogP contribution in [0.1, 0.15) is 57.9 Å². The van der Waals surface area contributed by atoms with E-state index in [1.807, 2.05) is 44.3 Å². The lowest BCUT2D eigenvalue weighted by molar-refractivity contribution is -0.150. The Balaban J connectivity index is 1.35. The van der Waals surface area contributed by atoms with E-state index >= 15 is 0 Å². The Bertz CT molecular complexity index is 1560. The van der Waals surface area contributed by atoms with Crippen LogP contribution in [-0.4, -0.2) is 125 Å². The van der Waals surface area contributed by atoms with E-state index in [4.69, 9.17) is 9.47 Å². The van der Waals surface area contributed by atoms with Crippen LogP contribution >= 0.6 is 0 Å². The van der Waals surface area contributed by atoms with Crippen molar-refractivity contribution in [2.75, 3.05) is 39.5 Å². The van der Waals surface area contributed by atoms with Crippen molar-refractivity contribution in [2.24, 2.45) is 11.8 Å². The zero-order valence-corrected chi connectivity index (χ0v) is 28.9. The van der Waals surface area contributed by atoms with Crippen LogP contribution in [0.4, 0.5) is 0 Å². The van der Waals surface area contributed by atoms with Gasteiger partial charge < -0.3 is 45.3 Å². The highest BCUT2D eigenvalue weighted by Crippen LogP contribution is 2.25. The molecule has 0 aliphatic carbocycles. The maximum absolute atomic E-state index is 14.4. The molecule has 2 aromatic rings. The topological polar surface area (TPSA) is 182 Å². The van der Waals surface area contributed by atoms with E-state index in [1.54, 1.807) is 0 Å². The van der Waals surface area contributed by atoms with E-state index in [0.717, 1.165) is 16.5 Å². The van der Waals surface area contributed by atoms with Crippen molar-refractivity contribution in [3.05, 3.63) is 36.0 Å². The number of rotatable bonds is 5. The van der Waals surface area contributed by atoms with Crippen molar-refractivity contribution in [1.82, 2.24) is 30.7 Å². The summed E-state index contributed by atoms with van der Waals surface area (Å²) in [5.41, 5.74) is 1.70. The minimum Gasteiger partial charge on any atom is -0.388 e. The van der Waals surface area contributed by atoms with E-state index in [2.05, 4.69) is 20.9 Å². The summed E-state index contributed by atoms with van der Waals surface area (Å²) in [5, 5.41) is 21.1. The number of benzene rings is 1. The Kier molecular flexibility index (Phi) is 11.4. The molecule has 0 spiro atoms. The molecule has 0 unspecified atom stereocenters. The zero-order chi connectivity index (χ0) is 35.4. The highest BCUT2D eigenvalue weighted by molar-refractivity contribution is 5.96. The minimum absolute atomic E-state index is 0.0642. The fraction of sp³-hybridized carbons (Fsp3) is 0.639. The molecule has 272 valence electrons. The predicted octanol–water partition coefficient (Wildman–Crippen LogP) is 0.621. The molecule has 14 nitrogen and oxygen atoms in total. The molecule has 2 bridgehead atoms. The summed E-state index contributed by atoms with van der Waals surface area (Å²) in [6, 6.07) is 4.23.